The van der Waals surface area contributed by atoms with Crippen LogP contribution in [0.4, 0.5) is 0 Å². The van der Waals surface area contributed by atoms with E-state index >= 15 is 0 Å². The van der Waals surface area contributed by atoms with Crippen molar-refractivity contribution < 1.29 is 46.1 Å². The van der Waals surface area contributed by atoms with Gasteiger partial charge in [0.15, 0.2) is 0 Å². The number of hydrogen-bond donors (Lipinski definition) is 0. The first kappa shape index (κ1) is 35.9. The van der Waals surface area contributed by atoms with Gasteiger partial charge in [-0.05, 0) is 0 Å². The number of hydrogen-bond acceptors (Lipinski definition) is 0. The van der Waals surface area contributed by atoms with E-state index < -0.39 is 21.3 Å². The van der Waals surface area contributed by atoms with E-state index in [1.54, 1.807) is 23.3 Å². The Morgan fingerprint density at radius 1 is 0.698 bits per heavy atom. The third-order valence-corrected chi connectivity index (χ3v) is 17.1. The minimum absolute atomic E-state index is 0. The van der Waals surface area contributed by atoms with Gasteiger partial charge in [-0.3, -0.25) is 0 Å². The molecule has 0 saturated heterocycles. The van der Waals surface area contributed by atoms with Crippen molar-refractivity contribution in [2.75, 3.05) is 0 Å². The second-order valence-electron chi connectivity index (χ2n) is 15.7. The molecule has 0 aliphatic heterocycles. The zero-order valence-corrected chi connectivity index (χ0v) is 32.4. The molecule has 5 rings (SSSR count). The van der Waals surface area contributed by atoms with Crippen molar-refractivity contribution in [1.29, 1.82) is 0 Å². The summed E-state index contributed by atoms with van der Waals surface area (Å²) in [6.07, 6.45) is 3.58. The molecule has 0 heterocycles. The molecule has 2 aliphatic carbocycles. The van der Waals surface area contributed by atoms with E-state index in [4.69, 9.17) is 0 Å². The molecule has 1 unspecified atom stereocenters. The van der Waals surface area contributed by atoms with Crippen molar-refractivity contribution in [3.8, 4) is 11.1 Å². The van der Waals surface area contributed by atoms with Crippen LogP contribution >= 0.6 is 0 Å². The second-order valence-corrected chi connectivity index (χ2v) is 21.0. The number of benzene rings is 3. The molecule has 43 heavy (non-hydrogen) atoms. The Kier molecular flexibility index (Phi) is 10.6. The van der Waals surface area contributed by atoms with Crippen molar-refractivity contribution in [2.24, 2.45) is 5.92 Å². The number of halogens is 2. The van der Waals surface area contributed by atoms with E-state index in [2.05, 4.69) is 147 Å². The predicted octanol–water partition coefficient (Wildman–Crippen LogP) is 4.12. The maximum atomic E-state index is 2.77. The largest absolute Gasteiger partial charge is 1.00 e. The number of fused-ring (bicyclic) bond motifs is 3. The molecule has 1 atom stereocenters. The topological polar surface area (TPSA) is 0 Å². The van der Waals surface area contributed by atoms with Crippen LogP contribution in [0.3, 0.4) is 0 Å². The van der Waals surface area contributed by atoms with Gasteiger partial charge in [-0.2, -0.15) is 0 Å². The molecule has 0 radical (unpaired) electrons. The maximum absolute atomic E-state index is 2.77. The van der Waals surface area contributed by atoms with E-state index in [0.29, 0.717) is 5.92 Å². The van der Waals surface area contributed by atoms with Gasteiger partial charge in [0.05, 0.1) is 0 Å². The Hall–Kier alpha value is -1.53. The summed E-state index contributed by atoms with van der Waals surface area (Å²) in [6, 6.07) is 21.7. The standard InChI is InChI=1S/C21H25.C11H14.C8H11.2ClH.Zr/c1-20(2,3)16-7-9-18-14(12-16)11-15-13-17(21(4,5)6)8-10-19(15)18;1-9-5-7-10(8-6-9)11(2,3)4;1-6-4-7(2)8(3)5-6;;;/h7-10,12H,11H2,1-6H3;1,5-8H,2-4H3;4,6H,1-3H3;2*1H;/q;;;;;+2/p-2. The van der Waals surface area contributed by atoms with Gasteiger partial charge in [-0.1, -0.05) is 0 Å². The normalized spacial score (nSPS) is 16.4. The molecular formula is C40H50Cl2Zr. The van der Waals surface area contributed by atoms with E-state index in [1.165, 1.54) is 39.0 Å². The van der Waals surface area contributed by atoms with Crippen molar-refractivity contribution in [2.45, 2.75) is 106 Å². The van der Waals surface area contributed by atoms with Gasteiger partial charge in [0, 0.05) is 0 Å². The molecule has 0 bridgehead atoms. The van der Waals surface area contributed by atoms with Gasteiger partial charge in [-0.25, -0.2) is 0 Å². The molecule has 0 N–H and O–H groups in total. The molecule has 0 saturated carbocycles. The average Bonchev–Trinajstić information content (AvgIpc) is 3.36. The first-order chi connectivity index (χ1) is 19.0. The Labute approximate surface area is 282 Å². The summed E-state index contributed by atoms with van der Waals surface area (Å²) in [4.78, 5) is 0. The van der Waals surface area contributed by atoms with Crippen molar-refractivity contribution in [3.63, 3.8) is 0 Å². The Bertz CT molecular complexity index is 1610. The molecule has 3 aromatic rings. The molecule has 3 aromatic carbocycles. The number of rotatable bonds is 3. The Morgan fingerprint density at radius 3 is 1.77 bits per heavy atom. The molecule has 0 spiro atoms. The first-order valence-electron chi connectivity index (χ1n) is 15.5. The van der Waals surface area contributed by atoms with Crippen LogP contribution in [-0.4, -0.2) is 3.71 Å². The van der Waals surface area contributed by atoms with Gasteiger partial charge in [0.2, 0.25) is 0 Å². The molecule has 228 valence electrons. The van der Waals surface area contributed by atoms with Crippen LogP contribution in [0, 0.1) is 5.92 Å². The van der Waals surface area contributed by atoms with Crippen LogP contribution < -0.4 is 28.1 Å². The summed E-state index contributed by atoms with van der Waals surface area (Å²) in [5.41, 5.74) is 15.3. The summed E-state index contributed by atoms with van der Waals surface area (Å²) in [5.74, 6) is 0.509. The smallest absolute Gasteiger partial charge is 1.00 e. The monoisotopic (exact) mass is 690 g/mol. The van der Waals surface area contributed by atoms with Crippen LogP contribution in [0.5, 0.6) is 0 Å². The van der Waals surface area contributed by atoms with E-state index in [-0.39, 0.29) is 41.1 Å². The summed E-state index contributed by atoms with van der Waals surface area (Å²) >= 11 is -2.56. The third kappa shape index (κ3) is 7.01. The van der Waals surface area contributed by atoms with Gasteiger partial charge >= 0.3 is 260 Å². The van der Waals surface area contributed by atoms with Crippen LogP contribution in [0.1, 0.15) is 116 Å². The van der Waals surface area contributed by atoms with E-state index in [1.807, 2.05) is 0 Å². The quantitative estimate of drug-likeness (QED) is 0.304. The second kappa shape index (κ2) is 12.7. The fourth-order valence-electron chi connectivity index (χ4n) is 6.79. The molecule has 2 aliphatic rings. The Balaban J connectivity index is 0.00000253. The van der Waals surface area contributed by atoms with Crippen molar-refractivity contribution in [1.82, 2.24) is 0 Å². The number of allylic oxidation sites excluding steroid dienone is 4. The fourth-order valence-corrected chi connectivity index (χ4v) is 15.6. The summed E-state index contributed by atoms with van der Waals surface area (Å²) in [5, 5.41) is 0. The molecule has 3 heteroatoms. The Morgan fingerprint density at radius 2 is 1.26 bits per heavy atom. The average molecular weight is 693 g/mol. The van der Waals surface area contributed by atoms with Gasteiger partial charge in [0.25, 0.3) is 0 Å². The van der Waals surface area contributed by atoms with Crippen molar-refractivity contribution in [3.05, 3.63) is 108 Å². The molecule has 0 nitrogen and oxygen atoms in total. The first-order valence-corrected chi connectivity index (χ1v) is 19.4. The molecule has 0 fully saturated rings. The predicted molar refractivity (Wildman–Crippen MR) is 178 cm³/mol. The molecule has 0 amide bonds. The zero-order chi connectivity index (χ0) is 30.1. The third-order valence-electron chi connectivity index (χ3n) is 9.35. The fraction of sp³-hybridized carbons (Fsp3) is 0.425. The van der Waals surface area contributed by atoms with E-state index in [0.717, 1.165) is 6.42 Å². The van der Waals surface area contributed by atoms with Crippen LogP contribution in [0.15, 0.2) is 75.1 Å². The maximum Gasteiger partial charge on any atom is -1.00 e. The van der Waals surface area contributed by atoms with Crippen LogP contribution in [0.25, 0.3) is 11.1 Å². The molecular weight excluding hydrogens is 643 g/mol. The SMILES string of the molecule is CC1=CC(C)[C](/[Zr+2](=[CH]/c2ccc(C(C)(C)C)cc2)[c]2c(C(C)(C)C)ccc3c2Cc2cc(C(C)(C)C)ccc2-3)=C1C.[Cl-].[Cl-]. The summed E-state index contributed by atoms with van der Waals surface area (Å²) in [7, 11) is 0. The van der Waals surface area contributed by atoms with Gasteiger partial charge in [-0.15, -0.1) is 0 Å². The minimum Gasteiger partial charge on any atom is -1.00 e. The van der Waals surface area contributed by atoms with Crippen molar-refractivity contribution >= 4 is 6.98 Å². The van der Waals surface area contributed by atoms with E-state index in [9.17, 15) is 0 Å². The van der Waals surface area contributed by atoms with Gasteiger partial charge in [0.1, 0.15) is 0 Å². The van der Waals surface area contributed by atoms with Crippen LogP contribution in [-0.2, 0) is 43.9 Å². The summed E-state index contributed by atoms with van der Waals surface area (Å²) in [6.45, 7) is 28.3. The van der Waals surface area contributed by atoms with Crippen LogP contribution in [0.2, 0.25) is 0 Å². The minimum atomic E-state index is -2.56. The van der Waals surface area contributed by atoms with Gasteiger partial charge < -0.3 is 24.8 Å². The summed E-state index contributed by atoms with van der Waals surface area (Å²) < 4.78 is 6.26. The zero-order valence-electron chi connectivity index (χ0n) is 28.4. The molecule has 0 aromatic heterocycles.